The van der Waals surface area contributed by atoms with Gasteiger partial charge in [-0.1, -0.05) is 13.3 Å². The first kappa shape index (κ1) is 14.9. The van der Waals surface area contributed by atoms with Crippen LogP contribution in [0.3, 0.4) is 0 Å². The number of rotatable bonds is 8. The summed E-state index contributed by atoms with van der Waals surface area (Å²) in [7, 11) is 0. The van der Waals surface area contributed by atoms with Gasteiger partial charge in [-0.3, -0.25) is 0 Å². The number of aromatic nitrogens is 1. The van der Waals surface area contributed by atoms with Crippen LogP contribution in [-0.4, -0.2) is 24.7 Å². The molecule has 3 nitrogen and oxygen atoms in total. The van der Waals surface area contributed by atoms with Gasteiger partial charge in [-0.2, -0.15) is 0 Å². The minimum Gasteiger partial charge on any atom is -0.381 e. The SMILES string of the molecule is CCCCOCCCNc1ncc(Br)cc1Br. The van der Waals surface area contributed by atoms with Gasteiger partial charge in [0.15, 0.2) is 0 Å². The first-order valence-corrected chi connectivity index (χ1v) is 7.45. The Hall–Kier alpha value is -0.130. The summed E-state index contributed by atoms with van der Waals surface area (Å²) in [5, 5.41) is 3.27. The first-order valence-electron chi connectivity index (χ1n) is 5.86. The highest BCUT2D eigenvalue weighted by atomic mass is 79.9. The van der Waals surface area contributed by atoms with Crippen molar-refractivity contribution in [2.45, 2.75) is 26.2 Å². The Morgan fingerprint density at radius 3 is 2.76 bits per heavy atom. The van der Waals surface area contributed by atoms with Crippen LogP contribution < -0.4 is 5.32 Å². The summed E-state index contributed by atoms with van der Waals surface area (Å²) in [6, 6.07) is 1.98. The zero-order chi connectivity index (χ0) is 12.5. The molecule has 1 heterocycles. The molecule has 5 heteroatoms. The zero-order valence-corrected chi connectivity index (χ0v) is 13.2. The highest BCUT2D eigenvalue weighted by Crippen LogP contribution is 2.23. The summed E-state index contributed by atoms with van der Waals surface area (Å²) in [5.74, 6) is 0.877. The molecule has 17 heavy (non-hydrogen) atoms. The van der Waals surface area contributed by atoms with Gasteiger partial charge < -0.3 is 10.1 Å². The number of nitrogens with one attached hydrogen (secondary N) is 1. The number of hydrogen-bond acceptors (Lipinski definition) is 3. The fraction of sp³-hybridized carbons (Fsp3) is 0.583. The van der Waals surface area contributed by atoms with Crippen molar-refractivity contribution >= 4 is 37.7 Å². The van der Waals surface area contributed by atoms with Crippen molar-refractivity contribution in [1.82, 2.24) is 4.98 Å². The standard InChI is InChI=1S/C12H18Br2N2O/c1-2-3-6-17-7-4-5-15-12-11(14)8-10(13)9-16-12/h8-9H,2-7H2,1H3,(H,15,16). The largest absolute Gasteiger partial charge is 0.381 e. The molecule has 1 aromatic heterocycles. The van der Waals surface area contributed by atoms with E-state index in [0.717, 1.165) is 47.4 Å². The third kappa shape index (κ3) is 6.38. The lowest BCUT2D eigenvalue weighted by atomic mass is 10.3. The van der Waals surface area contributed by atoms with Crippen LogP contribution in [-0.2, 0) is 4.74 Å². The second kappa shape index (κ2) is 8.89. The summed E-state index contributed by atoms with van der Waals surface area (Å²) >= 11 is 6.84. The fourth-order valence-electron chi connectivity index (χ4n) is 1.27. The van der Waals surface area contributed by atoms with Crippen molar-refractivity contribution in [3.8, 4) is 0 Å². The smallest absolute Gasteiger partial charge is 0.140 e. The van der Waals surface area contributed by atoms with Crippen LogP contribution in [0.4, 0.5) is 5.82 Å². The maximum Gasteiger partial charge on any atom is 0.140 e. The second-order valence-electron chi connectivity index (χ2n) is 3.73. The van der Waals surface area contributed by atoms with Crippen LogP contribution in [0.25, 0.3) is 0 Å². The van der Waals surface area contributed by atoms with E-state index in [1.807, 2.05) is 6.07 Å². The Kier molecular flexibility index (Phi) is 7.81. The minimum atomic E-state index is 0.807. The molecule has 1 rings (SSSR count). The average Bonchev–Trinajstić information content (AvgIpc) is 2.30. The van der Waals surface area contributed by atoms with Crippen LogP contribution in [0, 0.1) is 0 Å². The normalized spacial score (nSPS) is 10.5. The topological polar surface area (TPSA) is 34.1 Å². The molecule has 0 saturated heterocycles. The van der Waals surface area contributed by atoms with E-state index in [1.165, 1.54) is 6.42 Å². The monoisotopic (exact) mass is 364 g/mol. The van der Waals surface area contributed by atoms with E-state index in [2.05, 4.69) is 49.1 Å². The van der Waals surface area contributed by atoms with Crippen LogP contribution in [0.2, 0.25) is 0 Å². The lowest BCUT2D eigenvalue weighted by Gasteiger charge is -2.08. The molecule has 1 N–H and O–H groups in total. The number of halogens is 2. The molecule has 0 spiro atoms. The molecule has 0 bridgehead atoms. The summed E-state index contributed by atoms with van der Waals surface area (Å²) in [5.41, 5.74) is 0. The molecule has 0 amide bonds. The number of anilines is 1. The van der Waals surface area contributed by atoms with Gasteiger partial charge in [-0.05, 0) is 50.8 Å². The fourth-order valence-corrected chi connectivity index (χ4v) is 2.40. The predicted octanol–water partition coefficient (Wildman–Crippen LogP) is 4.23. The first-order chi connectivity index (χ1) is 8.24. The highest BCUT2D eigenvalue weighted by molar-refractivity contribution is 9.11. The van der Waals surface area contributed by atoms with E-state index in [9.17, 15) is 0 Å². The summed E-state index contributed by atoms with van der Waals surface area (Å²) in [6.45, 7) is 4.72. The van der Waals surface area contributed by atoms with Gasteiger partial charge in [0.05, 0.1) is 4.47 Å². The van der Waals surface area contributed by atoms with E-state index < -0.39 is 0 Å². The van der Waals surface area contributed by atoms with Gasteiger partial charge in [-0.15, -0.1) is 0 Å². The van der Waals surface area contributed by atoms with Crippen molar-refractivity contribution in [3.05, 3.63) is 21.2 Å². The minimum absolute atomic E-state index is 0.807. The molecule has 1 aromatic rings. The van der Waals surface area contributed by atoms with Crippen LogP contribution >= 0.6 is 31.9 Å². The van der Waals surface area contributed by atoms with Gasteiger partial charge in [-0.25, -0.2) is 4.98 Å². The van der Waals surface area contributed by atoms with Crippen LogP contribution in [0.15, 0.2) is 21.2 Å². The Balaban J connectivity index is 2.14. The Labute approximate surface area is 120 Å². The molecular formula is C12H18Br2N2O. The summed E-state index contributed by atoms with van der Waals surface area (Å²) in [4.78, 5) is 4.28. The zero-order valence-electron chi connectivity index (χ0n) is 10.0. The number of pyridine rings is 1. The molecule has 96 valence electrons. The van der Waals surface area contributed by atoms with Crippen LogP contribution in [0.1, 0.15) is 26.2 Å². The molecule has 0 radical (unpaired) electrons. The second-order valence-corrected chi connectivity index (χ2v) is 5.50. The highest BCUT2D eigenvalue weighted by Gasteiger charge is 2.00. The van der Waals surface area contributed by atoms with Gasteiger partial charge in [0.25, 0.3) is 0 Å². The lowest BCUT2D eigenvalue weighted by Crippen LogP contribution is -2.07. The molecule has 0 saturated carbocycles. The van der Waals surface area contributed by atoms with E-state index >= 15 is 0 Å². The Bertz CT molecular complexity index is 334. The van der Waals surface area contributed by atoms with Crippen molar-refractivity contribution in [2.75, 3.05) is 25.1 Å². The predicted molar refractivity (Wildman–Crippen MR) is 78.5 cm³/mol. The number of ether oxygens (including phenoxy) is 1. The quantitative estimate of drug-likeness (QED) is 0.700. The number of unbranched alkanes of at least 4 members (excludes halogenated alkanes) is 1. The van der Waals surface area contributed by atoms with Crippen molar-refractivity contribution < 1.29 is 4.74 Å². The molecule has 0 atom stereocenters. The molecular weight excluding hydrogens is 348 g/mol. The number of nitrogens with zero attached hydrogens (tertiary/aromatic N) is 1. The van der Waals surface area contributed by atoms with E-state index in [0.29, 0.717) is 0 Å². The Morgan fingerprint density at radius 2 is 2.06 bits per heavy atom. The third-order valence-corrected chi connectivity index (χ3v) is 3.25. The molecule has 0 aliphatic carbocycles. The van der Waals surface area contributed by atoms with Gasteiger partial charge >= 0.3 is 0 Å². The van der Waals surface area contributed by atoms with Crippen molar-refractivity contribution in [3.63, 3.8) is 0 Å². The number of hydrogen-bond donors (Lipinski definition) is 1. The summed E-state index contributed by atoms with van der Waals surface area (Å²) < 4.78 is 7.42. The van der Waals surface area contributed by atoms with Crippen molar-refractivity contribution in [1.29, 1.82) is 0 Å². The Morgan fingerprint density at radius 1 is 1.29 bits per heavy atom. The molecule has 0 aromatic carbocycles. The van der Waals surface area contributed by atoms with Gasteiger partial charge in [0, 0.05) is 30.4 Å². The van der Waals surface area contributed by atoms with Gasteiger partial charge in [0.1, 0.15) is 5.82 Å². The van der Waals surface area contributed by atoms with Crippen LogP contribution in [0.5, 0.6) is 0 Å². The molecule has 0 fully saturated rings. The molecule has 0 aliphatic heterocycles. The lowest BCUT2D eigenvalue weighted by molar-refractivity contribution is 0.131. The maximum absolute atomic E-state index is 5.48. The average molecular weight is 366 g/mol. The van der Waals surface area contributed by atoms with Gasteiger partial charge in [0.2, 0.25) is 0 Å². The van der Waals surface area contributed by atoms with E-state index in [4.69, 9.17) is 4.74 Å². The molecule has 0 unspecified atom stereocenters. The molecule has 0 aliphatic rings. The third-order valence-electron chi connectivity index (χ3n) is 2.21. The van der Waals surface area contributed by atoms with E-state index in [1.54, 1.807) is 6.20 Å². The summed E-state index contributed by atoms with van der Waals surface area (Å²) in [6.07, 6.45) is 5.11. The van der Waals surface area contributed by atoms with E-state index in [-0.39, 0.29) is 0 Å². The maximum atomic E-state index is 5.48. The van der Waals surface area contributed by atoms with Crippen molar-refractivity contribution in [2.24, 2.45) is 0 Å².